The quantitative estimate of drug-likeness (QED) is 0.847. The highest BCUT2D eigenvalue weighted by Crippen LogP contribution is 2.32. The Labute approximate surface area is 136 Å². The summed E-state index contributed by atoms with van der Waals surface area (Å²) in [6.07, 6.45) is 2.24. The molecule has 5 heteroatoms. The van der Waals surface area contributed by atoms with Crippen molar-refractivity contribution >= 4 is 21.8 Å². The van der Waals surface area contributed by atoms with Gasteiger partial charge in [-0.05, 0) is 43.0 Å². The number of carbonyl (C=O) groups excluding carboxylic acids is 1. The maximum Gasteiger partial charge on any atom is 0.258 e. The van der Waals surface area contributed by atoms with E-state index in [4.69, 9.17) is 4.74 Å². The van der Waals surface area contributed by atoms with Crippen molar-refractivity contribution in [1.29, 1.82) is 0 Å². The molecule has 1 fully saturated rings. The number of ether oxygens (including phenoxy) is 1. The van der Waals surface area contributed by atoms with E-state index in [2.05, 4.69) is 21.2 Å². The van der Waals surface area contributed by atoms with Gasteiger partial charge in [-0.25, -0.2) is 4.39 Å². The topological polar surface area (TPSA) is 38.3 Å². The molecule has 3 rings (SSSR count). The highest BCUT2D eigenvalue weighted by Gasteiger charge is 2.24. The van der Waals surface area contributed by atoms with E-state index in [1.165, 1.54) is 6.07 Å². The third kappa shape index (κ3) is 3.65. The highest BCUT2D eigenvalue weighted by molar-refractivity contribution is 9.10. The Balaban J connectivity index is 1.87. The summed E-state index contributed by atoms with van der Waals surface area (Å²) >= 11 is 3.23. The van der Waals surface area contributed by atoms with E-state index in [1.807, 2.05) is 18.2 Å². The van der Waals surface area contributed by atoms with E-state index in [0.29, 0.717) is 22.7 Å². The van der Waals surface area contributed by atoms with Gasteiger partial charge in [0.1, 0.15) is 22.9 Å². The summed E-state index contributed by atoms with van der Waals surface area (Å²) in [7, 11) is 0. The molecule has 0 atom stereocenters. The summed E-state index contributed by atoms with van der Waals surface area (Å²) in [6.45, 7) is 0.582. The number of amides is 1. The first kappa shape index (κ1) is 15.0. The van der Waals surface area contributed by atoms with Crippen LogP contribution in [0.5, 0.6) is 11.5 Å². The molecule has 114 valence electrons. The fourth-order valence-corrected chi connectivity index (χ4v) is 2.52. The molecule has 0 spiro atoms. The number of benzene rings is 2. The summed E-state index contributed by atoms with van der Waals surface area (Å²) in [4.78, 5) is 12.3. The molecule has 2 aromatic carbocycles. The number of para-hydroxylation sites is 1. The van der Waals surface area contributed by atoms with Gasteiger partial charge in [-0.1, -0.05) is 34.1 Å². The van der Waals surface area contributed by atoms with Gasteiger partial charge < -0.3 is 10.1 Å². The van der Waals surface area contributed by atoms with Crippen LogP contribution in [0.2, 0.25) is 0 Å². The molecule has 2 aromatic rings. The zero-order valence-corrected chi connectivity index (χ0v) is 13.4. The van der Waals surface area contributed by atoms with Crippen molar-refractivity contribution in [2.45, 2.75) is 12.8 Å². The lowest BCUT2D eigenvalue weighted by molar-refractivity contribution is 0.0945. The minimum atomic E-state index is -0.603. The minimum Gasteiger partial charge on any atom is -0.456 e. The summed E-state index contributed by atoms with van der Waals surface area (Å²) < 4.78 is 20.4. The first-order valence-corrected chi connectivity index (χ1v) is 7.93. The number of hydrogen-bond donors (Lipinski definition) is 1. The smallest absolute Gasteiger partial charge is 0.258 e. The van der Waals surface area contributed by atoms with Gasteiger partial charge in [0.25, 0.3) is 5.91 Å². The molecule has 0 heterocycles. The summed E-state index contributed by atoms with van der Waals surface area (Å²) in [5.74, 6) is 0.236. The summed E-state index contributed by atoms with van der Waals surface area (Å²) in [5, 5.41) is 2.77. The Morgan fingerprint density at radius 2 is 2.00 bits per heavy atom. The Morgan fingerprint density at radius 1 is 1.27 bits per heavy atom. The number of nitrogens with one attached hydrogen (secondary N) is 1. The van der Waals surface area contributed by atoms with Crippen molar-refractivity contribution < 1.29 is 13.9 Å². The van der Waals surface area contributed by atoms with Crippen molar-refractivity contribution in [3.63, 3.8) is 0 Å². The zero-order valence-electron chi connectivity index (χ0n) is 11.8. The predicted molar refractivity (Wildman–Crippen MR) is 85.7 cm³/mol. The van der Waals surface area contributed by atoms with Gasteiger partial charge in [0.05, 0.1) is 0 Å². The number of halogens is 2. The lowest BCUT2D eigenvalue weighted by Gasteiger charge is -2.13. The zero-order chi connectivity index (χ0) is 15.5. The Morgan fingerprint density at radius 3 is 2.68 bits per heavy atom. The van der Waals surface area contributed by atoms with E-state index in [1.54, 1.807) is 18.2 Å². The molecule has 1 N–H and O–H groups in total. The second kappa shape index (κ2) is 6.48. The Bertz CT molecular complexity index is 687. The van der Waals surface area contributed by atoms with Crippen LogP contribution < -0.4 is 10.1 Å². The summed E-state index contributed by atoms with van der Waals surface area (Å²) in [5.41, 5.74) is -0.0623. The van der Waals surface area contributed by atoms with E-state index >= 15 is 0 Å². The van der Waals surface area contributed by atoms with Gasteiger partial charge in [0.2, 0.25) is 0 Å². The van der Waals surface area contributed by atoms with Crippen LogP contribution >= 0.6 is 15.9 Å². The van der Waals surface area contributed by atoms with Crippen molar-refractivity contribution in [2.24, 2.45) is 5.92 Å². The molecule has 0 radical (unpaired) electrons. The normalized spacial score (nSPS) is 13.7. The van der Waals surface area contributed by atoms with E-state index in [9.17, 15) is 9.18 Å². The fourth-order valence-electron chi connectivity index (χ4n) is 2.11. The van der Waals surface area contributed by atoms with Gasteiger partial charge in [0, 0.05) is 11.0 Å². The SMILES string of the molecule is O=C(NCC1CC1)c1c(F)cc(Br)cc1Oc1ccccc1. The van der Waals surface area contributed by atoms with Crippen LogP contribution in [0.3, 0.4) is 0 Å². The van der Waals surface area contributed by atoms with E-state index < -0.39 is 11.7 Å². The molecule has 1 amide bonds. The lowest BCUT2D eigenvalue weighted by atomic mass is 10.1. The lowest BCUT2D eigenvalue weighted by Crippen LogP contribution is -2.26. The maximum atomic E-state index is 14.2. The molecule has 0 aromatic heterocycles. The third-order valence-electron chi connectivity index (χ3n) is 3.47. The van der Waals surface area contributed by atoms with Crippen LogP contribution in [0.4, 0.5) is 4.39 Å². The van der Waals surface area contributed by atoms with E-state index in [0.717, 1.165) is 12.8 Å². The Kier molecular flexibility index (Phi) is 4.43. The standard InChI is InChI=1S/C17H15BrFNO2/c18-12-8-14(19)16(17(21)20-10-11-6-7-11)15(9-12)22-13-4-2-1-3-5-13/h1-5,8-9,11H,6-7,10H2,(H,20,21). The van der Waals surface area contributed by atoms with Crippen molar-refractivity contribution in [3.05, 3.63) is 58.3 Å². The molecular weight excluding hydrogens is 349 g/mol. The van der Waals surface area contributed by atoms with Gasteiger partial charge in [-0.3, -0.25) is 4.79 Å². The molecule has 22 heavy (non-hydrogen) atoms. The van der Waals surface area contributed by atoms with Gasteiger partial charge in [-0.15, -0.1) is 0 Å². The number of hydrogen-bond acceptors (Lipinski definition) is 2. The number of carbonyl (C=O) groups is 1. The van der Waals surface area contributed by atoms with Crippen LogP contribution in [0.1, 0.15) is 23.2 Å². The molecule has 0 bridgehead atoms. The van der Waals surface area contributed by atoms with Crippen LogP contribution in [0, 0.1) is 11.7 Å². The average molecular weight is 364 g/mol. The molecular formula is C17H15BrFNO2. The van der Waals surface area contributed by atoms with Crippen LogP contribution in [0.15, 0.2) is 46.9 Å². The molecule has 1 saturated carbocycles. The first-order chi connectivity index (χ1) is 10.6. The molecule has 3 nitrogen and oxygen atoms in total. The predicted octanol–water partition coefficient (Wildman–Crippen LogP) is 4.52. The monoisotopic (exact) mass is 363 g/mol. The van der Waals surface area contributed by atoms with Crippen molar-refractivity contribution in [3.8, 4) is 11.5 Å². The van der Waals surface area contributed by atoms with Crippen molar-refractivity contribution in [1.82, 2.24) is 5.32 Å². The van der Waals surface area contributed by atoms with Crippen LogP contribution in [-0.2, 0) is 0 Å². The first-order valence-electron chi connectivity index (χ1n) is 7.13. The molecule has 1 aliphatic carbocycles. The molecule has 0 unspecified atom stereocenters. The van der Waals surface area contributed by atoms with Gasteiger partial charge in [0.15, 0.2) is 0 Å². The summed E-state index contributed by atoms with van der Waals surface area (Å²) in [6, 6.07) is 11.9. The number of rotatable bonds is 5. The van der Waals surface area contributed by atoms with Crippen LogP contribution in [0.25, 0.3) is 0 Å². The van der Waals surface area contributed by atoms with Crippen LogP contribution in [-0.4, -0.2) is 12.5 Å². The molecule has 0 saturated heterocycles. The second-order valence-corrected chi connectivity index (χ2v) is 6.24. The minimum absolute atomic E-state index is 0.0623. The van der Waals surface area contributed by atoms with Crippen molar-refractivity contribution in [2.75, 3.05) is 6.54 Å². The molecule has 1 aliphatic rings. The Hall–Kier alpha value is -1.88. The van der Waals surface area contributed by atoms with Gasteiger partial charge >= 0.3 is 0 Å². The molecule has 0 aliphatic heterocycles. The second-order valence-electron chi connectivity index (χ2n) is 5.33. The average Bonchev–Trinajstić information content (AvgIpc) is 3.29. The third-order valence-corrected chi connectivity index (χ3v) is 3.92. The largest absolute Gasteiger partial charge is 0.456 e. The van der Waals surface area contributed by atoms with E-state index in [-0.39, 0.29) is 11.3 Å². The van der Waals surface area contributed by atoms with Gasteiger partial charge in [-0.2, -0.15) is 0 Å². The maximum absolute atomic E-state index is 14.2. The highest BCUT2D eigenvalue weighted by atomic mass is 79.9. The fraction of sp³-hybridized carbons (Fsp3) is 0.235.